The first kappa shape index (κ1) is 14.9. The third-order valence-corrected chi connectivity index (χ3v) is 4.36. The first-order valence-corrected chi connectivity index (χ1v) is 8.16. The van der Waals surface area contributed by atoms with Crippen LogP contribution in [0, 0.1) is 0 Å². The highest BCUT2D eigenvalue weighted by Crippen LogP contribution is 2.27. The van der Waals surface area contributed by atoms with Crippen molar-refractivity contribution in [1.29, 1.82) is 0 Å². The van der Waals surface area contributed by atoms with Gasteiger partial charge >= 0.3 is 0 Å². The van der Waals surface area contributed by atoms with Crippen molar-refractivity contribution in [2.75, 3.05) is 0 Å². The first-order chi connectivity index (χ1) is 10.7. The van der Waals surface area contributed by atoms with E-state index in [9.17, 15) is 9.59 Å². The van der Waals surface area contributed by atoms with Gasteiger partial charge in [-0.15, -0.1) is 0 Å². The van der Waals surface area contributed by atoms with Crippen molar-refractivity contribution in [3.8, 4) is 0 Å². The highest BCUT2D eigenvalue weighted by molar-refractivity contribution is 6.10. The Hall–Kier alpha value is -2.03. The summed E-state index contributed by atoms with van der Waals surface area (Å²) >= 11 is 0. The summed E-state index contributed by atoms with van der Waals surface area (Å²) in [7, 11) is 0. The van der Waals surface area contributed by atoms with Crippen LogP contribution in [0.1, 0.15) is 77.6 Å². The van der Waals surface area contributed by atoms with Crippen LogP contribution in [0.5, 0.6) is 0 Å². The minimum atomic E-state index is 0.00407. The topological polar surface area (TPSA) is 47.0 Å². The zero-order valence-corrected chi connectivity index (χ0v) is 13.0. The van der Waals surface area contributed by atoms with Gasteiger partial charge in [-0.1, -0.05) is 37.8 Å². The molecular weight excluding hydrogens is 274 g/mol. The SMILES string of the molecule is CCCCCCC1=CC(=O)c2cc3c(nc2C1)C=CCC3=O. The summed E-state index contributed by atoms with van der Waals surface area (Å²) in [5, 5.41) is 0. The lowest BCUT2D eigenvalue weighted by Crippen LogP contribution is -2.16. The van der Waals surface area contributed by atoms with E-state index in [4.69, 9.17) is 0 Å². The van der Waals surface area contributed by atoms with E-state index >= 15 is 0 Å². The van der Waals surface area contributed by atoms with Crippen LogP contribution in [0.25, 0.3) is 6.08 Å². The number of allylic oxidation sites excluding steroid dienone is 3. The van der Waals surface area contributed by atoms with E-state index in [0.717, 1.165) is 30.7 Å². The van der Waals surface area contributed by atoms with Crippen molar-refractivity contribution in [2.45, 2.75) is 51.9 Å². The molecule has 1 heterocycles. The predicted octanol–water partition coefficient (Wildman–Crippen LogP) is 4.32. The van der Waals surface area contributed by atoms with Crippen LogP contribution in [0.3, 0.4) is 0 Å². The molecule has 1 aromatic heterocycles. The van der Waals surface area contributed by atoms with Crippen molar-refractivity contribution >= 4 is 17.6 Å². The Kier molecular flexibility index (Phi) is 4.32. The number of rotatable bonds is 5. The normalized spacial score (nSPS) is 16.3. The Morgan fingerprint density at radius 2 is 2.00 bits per heavy atom. The van der Waals surface area contributed by atoms with Crippen LogP contribution >= 0.6 is 0 Å². The molecule has 3 heteroatoms. The largest absolute Gasteiger partial charge is 0.294 e. The Morgan fingerprint density at radius 1 is 1.14 bits per heavy atom. The number of fused-ring (bicyclic) bond motifs is 2. The monoisotopic (exact) mass is 295 g/mol. The lowest BCUT2D eigenvalue weighted by atomic mass is 9.88. The molecule has 0 saturated heterocycles. The molecule has 0 amide bonds. The molecule has 0 radical (unpaired) electrons. The smallest absolute Gasteiger partial charge is 0.187 e. The maximum Gasteiger partial charge on any atom is 0.187 e. The highest BCUT2D eigenvalue weighted by Gasteiger charge is 2.24. The zero-order chi connectivity index (χ0) is 15.5. The molecule has 0 unspecified atom stereocenters. The van der Waals surface area contributed by atoms with Gasteiger partial charge in [-0.05, 0) is 31.1 Å². The molecule has 1 aromatic rings. The number of pyridine rings is 1. The number of carbonyl (C=O) groups excluding carboxylic acids is 2. The van der Waals surface area contributed by atoms with E-state index in [2.05, 4.69) is 11.9 Å². The second kappa shape index (κ2) is 6.39. The molecule has 0 spiro atoms. The zero-order valence-electron chi connectivity index (χ0n) is 13.0. The van der Waals surface area contributed by atoms with Crippen molar-refractivity contribution in [3.05, 3.63) is 46.3 Å². The molecule has 22 heavy (non-hydrogen) atoms. The van der Waals surface area contributed by atoms with Crippen molar-refractivity contribution < 1.29 is 9.59 Å². The van der Waals surface area contributed by atoms with Gasteiger partial charge in [0.05, 0.1) is 11.4 Å². The van der Waals surface area contributed by atoms with E-state index in [1.54, 1.807) is 12.1 Å². The molecule has 0 N–H and O–H groups in total. The number of carbonyl (C=O) groups is 2. The molecular formula is C19H21NO2. The lowest BCUT2D eigenvalue weighted by Gasteiger charge is -2.18. The Morgan fingerprint density at radius 3 is 2.82 bits per heavy atom. The van der Waals surface area contributed by atoms with E-state index in [0.29, 0.717) is 17.5 Å². The number of ketones is 2. The minimum Gasteiger partial charge on any atom is -0.294 e. The van der Waals surface area contributed by atoms with Crippen LogP contribution in [0.15, 0.2) is 23.8 Å². The molecule has 0 atom stereocenters. The maximum atomic E-state index is 12.3. The third kappa shape index (κ3) is 2.94. The fourth-order valence-corrected chi connectivity index (χ4v) is 3.12. The molecule has 2 aliphatic carbocycles. The standard InChI is InChI=1S/C19H21NO2/c1-2-3-4-5-7-13-10-17-15(19(22)11-13)12-14-16(20-17)8-6-9-18(14)21/h6,8,11-12H,2-5,7,9-10H2,1H3. The molecule has 114 valence electrons. The summed E-state index contributed by atoms with van der Waals surface area (Å²) in [6.45, 7) is 2.20. The fourth-order valence-electron chi connectivity index (χ4n) is 3.12. The molecule has 0 aliphatic heterocycles. The van der Waals surface area contributed by atoms with Crippen molar-refractivity contribution in [3.63, 3.8) is 0 Å². The van der Waals surface area contributed by atoms with Crippen LogP contribution < -0.4 is 0 Å². The van der Waals surface area contributed by atoms with E-state index in [1.165, 1.54) is 24.8 Å². The highest BCUT2D eigenvalue weighted by atomic mass is 16.1. The summed E-state index contributed by atoms with van der Waals surface area (Å²) in [5.41, 5.74) is 3.92. The number of Topliss-reactive ketones (excluding diaryl/α,β-unsaturated/α-hetero) is 1. The summed E-state index contributed by atoms with van der Waals surface area (Å²) in [5.74, 6) is 0.0549. The van der Waals surface area contributed by atoms with Crippen LogP contribution in [0.4, 0.5) is 0 Å². The summed E-state index contributed by atoms with van der Waals surface area (Å²) in [4.78, 5) is 28.8. The van der Waals surface area contributed by atoms with E-state index in [-0.39, 0.29) is 11.6 Å². The fraction of sp³-hybridized carbons (Fsp3) is 0.421. The quantitative estimate of drug-likeness (QED) is 0.760. The molecule has 0 saturated carbocycles. The Balaban J connectivity index is 1.81. The van der Waals surface area contributed by atoms with Gasteiger partial charge < -0.3 is 0 Å². The van der Waals surface area contributed by atoms with E-state index in [1.807, 2.05) is 12.2 Å². The van der Waals surface area contributed by atoms with E-state index < -0.39 is 0 Å². The van der Waals surface area contributed by atoms with Crippen molar-refractivity contribution in [1.82, 2.24) is 4.98 Å². The first-order valence-electron chi connectivity index (χ1n) is 8.16. The Bertz CT molecular complexity index is 683. The molecule has 2 aliphatic rings. The summed E-state index contributed by atoms with van der Waals surface area (Å²) in [6, 6.07) is 1.75. The van der Waals surface area contributed by atoms with Gasteiger partial charge in [0, 0.05) is 24.0 Å². The lowest BCUT2D eigenvalue weighted by molar-refractivity contribution is 0.0994. The van der Waals surface area contributed by atoms with Gasteiger partial charge in [0.25, 0.3) is 0 Å². The summed E-state index contributed by atoms with van der Waals surface area (Å²) in [6.07, 6.45) is 12.4. The second-order valence-corrected chi connectivity index (χ2v) is 6.10. The average Bonchev–Trinajstić information content (AvgIpc) is 2.51. The van der Waals surface area contributed by atoms with Gasteiger partial charge in [0.1, 0.15) is 0 Å². The van der Waals surface area contributed by atoms with Crippen molar-refractivity contribution in [2.24, 2.45) is 0 Å². The van der Waals surface area contributed by atoms with Gasteiger partial charge in [0.15, 0.2) is 11.6 Å². The second-order valence-electron chi connectivity index (χ2n) is 6.10. The van der Waals surface area contributed by atoms with Crippen LogP contribution in [-0.4, -0.2) is 16.6 Å². The van der Waals surface area contributed by atoms with Gasteiger partial charge in [-0.25, -0.2) is 0 Å². The maximum absolute atomic E-state index is 12.3. The third-order valence-electron chi connectivity index (χ3n) is 4.36. The molecule has 3 nitrogen and oxygen atoms in total. The Labute approximate surface area is 131 Å². The van der Waals surface area contributed by atoms with Gasteiger partial charge in [0.2, 0.25) is 0 Å². The number of unbranched alkanes of at least 4 members (excludes halogenated alkanes) is 3. The predicted molar refractivity (Wildman–Crippen MR) is 87.1 cm³/mol. The van der Waals surface area contributed by atoms with Gasteiger partial charge in [-0.2, -0.15) is 0 Å². The van der Waals surface area contributed by atoms with Crippen LogP contribution in [-0.2, 0) is 6.42 Å². The molecule has 3 rings (SSSR count). The van der Waals surface area contributed by atoms with Gasteiger partial charge in [-0.3, -0.25) is 14.6 Å². The minimum absolute atomic E-state index is 0.00407. The number of aromatic nitrogens is 1. The van der Waals surface area contributed by atoms with Crippen LogP contribution in [0.2, 0.25) is 0 Å². The summed E-state index contributed by atoms with van der Waals surface area (Å²) < 4.78 is 0. The number of hydrogen-bond donors (Lipinski definition) is 0. The average molecular weight is 295 g/mol. The number of nitrogens with zero attached hydrogens (tertiary/aromatic N) is 1. The number of hydrogen-bond acceptors (Lipinski definition) is 3. The molecule has 0 aromatic carbocycles. The molecule has 0 fully saturated rings. The molecule has 0 bridgehead atoms.